The predicted molar refractivity (Wildman–Crippen MR) is 125 cm³/mol. The average Bonchev–Trinajstić information content (AvgIpc) is 3.06. The molecule has 2 atom stereocenters. The number of piperidine rings is 1. The molecule has 4 aliphatic carbocycles. The van der Waals surface area contributed by atoms with Crippen LogP contribution >= 0.6 is 12.2 Å². The quantitative estimate of drug-likeness (QED) is 0.593. The van der Waals surface area contributed by atoms with Gasteiger partial charge in [-0.25, -0.2) is 0 Å². The van der Waals surface area contributed by atoms with E-state index in [1.165, 1.54) is 51.9 Å². The van der Waals surface area contributed by atoms with Crippen LogP contribution in [0.2, 0.25) is 0 Å². The summed E-state index contributed by atoms with van der Waals surface area (Å²) in [6, 6.07) is 0.613. The SMILES string of the molecule is CC[C@H](C)[C@H]1CNC(=S)N1CC1CCN(CCC23CC4CC(CC(C4)C2)C3)CC1. The third-order valence-corrected chi connectivity index (χ3v) is 10.1. The Kier molecular flexibility index (Phi) is 5.88. The van der Waals surface area contributed by atoms with Crippen molar-refractivity contribution in [2.24, 2.45) is 35.0 Å². The molecule has 0 spiro atoms. The number of hydrogen-bond donors (Lipinski definition) is 1. The highest BCUT2D eigenvalue weighted by atomic mass is 32.1. The summed E-state index contributed by atoms with van der Waals surface area (Å²) in [6.07, 6.45) is 14.9. The molecule has 4 bridgehead atoms. The standard InChI is InChI=1S/C25H43N3S/c1-3-18(2)23-16-26-24(29)28(23)17-19-4-7-27(8-5-19)9-6-25-13-20-10-21(14-25)12-22(11-20)15-25/h18-23H,3-17H2,1-2H3,(H,26,29)/t18-,20?,21?,22?,23+,25?/m0/s1. The lowest BCUT2D eigenvalue weighted by Gasteiger charge is -2.57. The Morgan fingerprint density at radius 3 is 2.28 bits per heavy atom. The van der Waals surface area contributed by atoms with Crippen LogP contribution in [0, 0.1) is 35.0 Å². The average molecular weight is 418 g/mol. The van der Waals surface area contributed by atoms with Crippen molar-refractivity contribution < 1.29 is 0 Å². The Labute approximate surface area is 184 Å². The van der Waals surface area contributed by atoms with Crippen LogP contribution in [0.5, 0.6) is 0 Å². The van der Waals surface area contributed by atoms with Crippen LogP contribution in [-0.2, 0) is 0 Å². The van der Waals surface area contributed by atoms with E-state index in [9.17, 15) is 0 Å². The fourth-order valence-electron chi connectivity index (χ4n) is 8.22. The van der Waals surface area contributed by atoms with Gasteiger partial charge in [0.2, 0.25) is 0 Å². The second-order valence-corrected chi connectivity index (χ2v) is 12.1. The maximum atomic E-state index is 5.65. The van der Waals surface area contributed by atoms with Gasteiger partial charge in [-0.3, -0.25) is 0 Å². The first-order valence-corrected chi connectivity index (χ1v) is 13.2. The first kappa shape index (κ1) is 20.5. The zero-order valence-corrected chi connectivity index (χ0v) is 19.7. The van der Waals surface area contributed by atoms with Gasteiger partial charge in [-0.1, -0.05) is 20.3 Å². The topological polar surface area (TPSA) is 18.5 Å². The van der Waals surface area contributed by atoms with Gasteiger partial charge in [0.05, 0.1) is 6.04 Å². The van der Waals surface area contributed by atoms with Crippen molar-refractivity contribution in [1.29, 1.82) is 0 Å². The van der Waals surface area contributed by atoms with Gasteiger partial charge in [-0.15, -0.1) is 0 Å². The van der Waals surface area contributed by atoms with Crippen molar-refractivity contribution in [3.63, 3.8) is 0 Å². The Morgan fingerprint density at radius 2 is 1.69 bits per heavy atom. The molecule has 2 saturated heterocycles. The molecular formula is C25H43N3S. The van der Waals surface area contributed by atoms with Crippen LogP contribution in [0.4, 0.5) is 0 Å². The van der Waals surface area contributed by atoms with E-state index < -0.39 is 0 Å². The largest absolute Gasteiger partial charge is 0.360 e. The molecule has 0 unspecified atom stereocenters. The zero-order valence-electron chi connectivity index (χ0n) is 18.9. The number of nitrogens with zero attached hydrogens (tertiary/aromatic N) is 2. The highest BCUT2D eigenvalue weighted by Crippen LogP contribution is 2.61. The van der Waals surface area contributed by atoms with Crippen molar-refractivity contribution in [3.8, 4) is 0 Å². The van der Waals surface area contributed by atoms with Crippen molar-refractivity contribution in [2.75, 3.05) is 32.7 Å². The number of rotatable bonds is 7. The fraction of sp³-hybridized carbons (Fsp3) is 0.960. The van der Waals surface area contributed by atoms with E-state index in [-0.39, 0.29) is 0 Å². The molecule has 164 valence electrons. The van der Waals surface area contributed by atoms with Gasteiger partial charge in [0.1, 0.15) is 0 Å². The summed E-state index contributed by atoms with van der Waals surface area (Å²) in [5, 5.41) is 4.48. The van der Waals surface area contributed by atoms with Crippen LogP contribution in [0.1, 0.15) is 78.1 Å². The van der Waals surface area contributed by atoms with Crippen LogP contribution < -0.4 is 5.32 Å². The van der Waals surface area contributed by atoms with E-state index in [0.717, 1.165) is 46.7 Å². The maximum absolute atomic E-state index is 5.65. The lowest BCUT2D eigenvalue weighted by Crippen LogP contribution is -2.48. The van der Waals surface area contributed by atoms with E-state index in [2.05, 4.69) is 29.0 Å². The molecule has 6 fully saturated rings. The van der Waals surface area contributed by atoms with E-state index in [1.807, 2.05) is 0 Å². The fourth-order valence-corrected chi connectivity index (χ4v) is 8.51. The molecule has 0 amide bonds. The van der Waals surface area contributed by atoms with Crippen molar-refractivity contribution in [3.05, 3.63) is 0 Å². The second-order valence-electron chi connectivity index (χ2n) is 11.7. The maximum Gasteiger partial charge on any atom is 0.169 e. The highest BCUT2D eigenvalue weighted by molar-refractivity contribution is 7.80. The summed E-state index contributed by atoms with van der Waals surface area (Å²) in [6.45, 7) is 10.9. The van der Waals surface area contributed by atoms with Gasteiger partial charge < -0.3 is 15.1 Å². The van der Waals surface area contributed by atoms with E-state index in [1.54, 1.807) is 38.5 Å². The summed E-state index contributed by atoms with van der Waals surface area (Å²) in [7, 11) is 0. The van der Waals surface area contributed by atoms with Crippen LogP contribution in [0.25, 0.3) is 0 Å². The molecule has 4 saturated carbocycles. The van der Waals surface area contributed by atoms with Crippen LogP contribution in [0.3, 0.4) is 0 Å². The van der Waals surface area contributed by atoms with E-state index >= 15 is 0 Å². The number of thiocarbonyl (C=S) groups is 1. The van der Waals surface area contributed by atoms with Gasteiger partial charge in [0, 0.05) is 13.1 Å². The smallest absolute Gasteiger partial charge is 0.169 e. The summed E-state index contributed by atoms with van der Waals surface area (Å²) in [5.41, 5.74) is 0.752. The van der Waals surface area contributed by atoms with Crippen molar-refractivity contribution >= 4 is 17.3 Å². The minimum absolute atomic E-state index is 0.613. The first-order valence-electron chi connectivity index (χ1n) is 12.8. The molecule has 1 N–H and O–H groups in total. The molecule has 3 nitrogen and oxygen atoms in total. The highest BCUT2D eigenvalue weighted by Gasteiger charge is 2.50. The first-order chi connectivity index (χ1) is 14.0. The van der Waals surface area contributed by atoms with Gasteiger partial charge in [0.15, 0.2) is 5.11 Å². The third kappa shape index (κ3) is 4.22. The molecule has 6 aliphatic rings. The molecule has 2 aliphatic heterocycles. The molecule has 0 aromatic rings. The number of hydrogen-bond acceptors (Lipinski definition) is 2. The van der Waals surface area contributed by atoms with Gasteiger partial charge in [-0.2, -0.15) is 0 Å². The molecule has 0 aromatic heterocycles. The molecule has 0 radical (unpaired) electrons. The Morgan fingerprint density at radius 1 is 1.07 bits per heavy atom. The van der Waals surface area contributed by atoms with Gasteiger partial charge in [-0.05, 0) is 125 Å². The summed E-state index contributed by atoms with van der Waals surface area (Å²) >= 11 is 5.65. The van der Waals surface area contributed by atoms with Gasteiger partial charge >= 0.3 is 0 Å². The minimum Gasteiger partial charge on any atom is -0.360 e. The Balaban J connectivity index is 1.09. The lowest BCUT2D eigenvalue weighted by molar-refractivity contribution is -0.0619. The molecule has 4 heteroatoms. The molecule has 6 rings (SSSR count). The molecule has 0 aromatic carbocycles. The number of likely N-dealkylation sites (tertiary alicyclic amines) is 1. The second kappa shape index (κ2) is 8.30. The normalized spacial score (nSPS) is 41.2. The Hall–Kier alpha value is -0.350. The minimum atomic E-state index is 0.613. The molecular weight excluding hydrogens is 374 g/mol. The summed E-state index contributed by atoms with van der Waals surface area (Å²) in [4.78, 5) is 5.35. The molecule has 29 heavy (non-hydrogen) atoms. The van der Waals surface area contributed by atoms with Gasteiger partial charge in [0.25, 0.3) is 0 Å². The monoisotopic (exact) mass is 417 g/mol. The van der Waals surface area contributed by atoms with Crippen LogP contribution in [-0.4, -0.2) is 53.7 Å². The van der Waals surface area contributed by atoms with Crippen molar-refractivity contribution in [2.45, 2.75) is 84.1 Å². The van der Waals surface area contributed by atoms with E-state index in [0.29, 0.717) is 6.04 Å². The Bertz CT molecular complexity index is 562. The third-order valence-electron chi connectivity index (χ3n) is 9.71. The van der Waals surface area contributed by atoms with Crippen molar-refractivity contribution in [1.82, 2.24) is 15.1 Å². The number of nitrogens with one attached hydrogen (secondary N) is 1. The zero-order chi connectivity index (χ0) is 20.0. The predicted octanol–water partition coefficient (Wildman–Crippen LogP) is 4.91. The lowest BCUT2D eigenvalue weighted by atomic mass is 9.49. The van der Waals surface area contributed by atoms with Crippen LogP contribution in [0.15, 0.2) is 0 Å². The van der Waals surface area contributed by atoms with E-state index in [4.69, 9.17) is 12.2 Å². The molecule has 2 heterocycles. The summed E-state index contributed by atoms with van der Waals surface area (Å²) < 4.78 is 0. The summed E-state index contributed by atoms with van der Waals surface area (Å²) in [5.74, 6) is 4.86.